The van der Waals surface area contributed by atoms with Crippen LogP contribution in [-0.4, -0.2) is 11.4 Å². The van der Waals surface area contributed by atoms with Gasteiger partial charge >= 0.3 is 0 Å². The lowest BCUT2D eigenvalue weighted by atomic mass is 9.81. The maximum Gasteiger partial charge on any atom is 0.0672 e. The maximum atomic E-state index is 4.91. The molecule has 2 atom stereocenters. The number of hydrogen-bond donors (Lipinski definition) is 0. The number of aliphatic imine (C=N–C) groups is 2. The van der Waals surface area contributed by atoms with E-state index in [4.69, 9.17) is 9.98 Å². The minimum Gasteiger partial charge on any atom is -0.257 e. The van der Waals surface area contributed by atoms with Crippen molar-refractivity contribution in [3.05, 3.63) is 23.3 Å². The molecular formula is C17H22N2. The van der Waals surface area contributed by atoms with Gasteiger partial charge in [0.05, 0.1) is 11.4 Å². The summed E-state index contributed by atoms with van der Waals surface area (Å²) in [5.74, 6) is 0.844. The third-order valence-electron chi connectivity index (χ3n) is 4.45. The van der Waals surface area contributed by atoms with Crippen LogP contribution in [0.4, 0.5) is 11.4 Å². The molecule has 0 saturated heterocycles. The van der Waals surface area contributed by atoms with Crippen molar-refractivity contribution in [2.75, 3.05) is 0 Å². The van der Waals surface area contributed by atoms with Crippen molar-refractivity contribution in [2.45, 2.75) is 53.4 Å². The summed E-state index contributed by atoms with van der Waals surface area (Å²) in [6.45, 7) is 13.3. The summed E-state index contributed by atoms with van der Waals surface area (Å²) in [4.78, 5) is 9.60. The number of hydrogen-bond acceptors (Lipinski definition) is 2. The molecule has 19 heavy (non-hydrogen) atoms. The first-order chi connectivity index (χ1) is 8.79. The Balaban J connectivity index is 2.11. The van der Waals surface area contributed by atoms with E-state index in [9.17, 15) is 0 Å². The second kappa shape index (κ2) is 3.78. The third-order valence-corrected chi connectivity index (χ3v) is 4.45. The van der Waals surface area contributed by atoms with E-state index in [-0.39, 0.29) is 5.41 Å². The quantitative estimate of drug-likeness (QED) is 0.613. The highest BCUT2D eigenvalue weighted by atomic mass is 14.8. The molecule has 100 valence electrons. The van der Waals surface area contributed by atoms with E-state index >= 15 is 0 Å². The SMILES string of the molecule is CC1=Nc2cc3c(cc2C1C)N=C(C(C)(C)C)C3C. The summed E-state index contributed by atoms with van der Waals surface area (Å²) in [6, 6.07) is 4.51. The van der Waals surface area contributed by atoms with E-state index < -0.39 is 0 Å². The molecule has 0 radical (unpaired) electrons. The first-order valence-electron chi connectivity index (χ1n) is 7.11. The van der Waals surface area contributed by atoms with E-state index in [1.54, 1.807) is 0 Å². The Hall–Kier alpha value is -1.44. The molecule has 2 aliphatic rings. The van der Waals surface area contributed by atoms with Gasteiger partial charge in [-0.05, 0) is 30.2 Å². The van der Waals surface area contributed by atoms with Gasteiger partial charge in [-0.15, -0.1) is 0 Å². The molecule has 0 bridgehead atoms. The number of benzene rings is 1. The van der Waals surface area contributed by atoms with Crippen LogP contribution in [0, 0.1) is 5.41 Å². The average molecular weight is 254 g/mol. The van der Waals surface area contributed by atoms with Crippen LogP contribution >= 0.6 is 0 Å². The lowest BCUT2D eigenvalue weighted by Crippen LogP contribution is -2.22. The van der Waals surface area contributed by atoms with Crippen molar-refractivity contribution < 1.29 is 0 Å². The van der Waals surface area contributed by atoms with Crippen molar-refractivity contribution >= 4 is 22.8 Å². The number of fused-ring (bicyclic) bond motifs is 2. The Morgan fingerprint density at radius 2 is 1.42 bits per heavy atom. The maximum absolute atomic E-state index is 4.91. The average Bonchev–Trinajstić information content (AvgIpc) is 2.77. The second-order valence-electron chi connectivity index (χ2n) is 6.91. The fourth-order valence-corrected chi connectivity index (χ4v) is 3.20. The predicted octanol–water partition coefficient (Wildman–Crippen LogP) is 5.13. The molecule has 0 aromatic heterocycles. The van der Waals surface area contributed by atoms with Crippen molar-refractivity contribution in [1.82, 2.24) is 0 Å². The molecule has 2 aliphatic heterocycles. The second-order valence-corrected chi connectivity index (χ2v) is 6.91. The fraction of sp³-hybridized carbons (Fsp3) is 0.529. The molecule has 0 fully saturated rings. The molecule has 1 aromatic rings. The zero-order chi connectivity index (χ0) is 13.9. The van der Waals surface area contributed by atoms with Gasteiger partial charge in [-0.25, -0.2) is 0 Å². The number of nitrogens with zero attached hydrogens (tertiary/aromatic N) is 2. The van der Waals surface area contributed by atoms with Gasteiger partial charge in [0.2, 0.25) is 0 Å². The molecule has 1 aromatic carbocycles. The molecule has 0 aliphatic carbocycles. The summed E-state index contributed by atoms with van der Waals surface area (Å²) in [6.07, 6.45) is 0. The Labute approximate surface area is 115 Å². The predicted molar refractivity (Wildman–Crippen MR) is 82.6 cm³/mol. The lowest BCUT2D eigenvalue weighted by molar-refractivity contribution is 0.574. The van der Waals surface area contributed by atoms with E-state index in [1.165, 1.54) is 22.6 Å². The Kier molecular flexibility index (Phi) is 2.51. The van der Waals surface area contributed by atoms with Crippen molar-refractivity contribution in [3.63, 3.8) is 0 Å². The summed E-state index contributed by atoms with van der Waals surface area (Å²) < 4.78 is 0. The van der Waals surface area contributed by atoms with Crippen LogP contribution in [0.5, 0.6) is 0 Å². The molecule has 2 heterocycles. The normalized spacial score (nSPS) is 24.9. The first kappa shape index (κ1) is 12.6. The molecular weight excluding hydrogens is 232 g/mol. The van der Waals surface area contributed by atoms with Crippen LogP contribution in [0.3, 0.4) is 0 Å². The molecule has 0 spiro atoms. The van der Waals surface area contributed by atoms with Crippen LogP contribution in [0.1, 0.15) is 64.5 Å². The zero-order valence-electron chi connectivity index (χ0n) is 12.7. The molecule has 2 nitrogen and oxygen atoms in total. The van der Waals surface area contributed by atoms with Gasteiger partial charge in [0.1, 0.15) is 0 Å². The van der Waals surface area contributed by atoms with Gasteiger partial charge in [-0.1, -0.05) is 34.6 Å². The molecule has 2 heteroatoms. The van der Waals surface area contributed by atoms with Crippen molar-refractivity contribution in [2.24, 2.45) is 15.4 Å². The van der Waals surface area contributed by atoms with Crippen molar-refractivity contribution in [3.8, 4) is 0 Å². The van der Waals surface area contributed by atoms with Gasteiger partial charge in [0, 0.05) is 28.7 Å². The molecule has 2 unspecified atom stereocenters. The van der Waals surface area contributed by atoms with E-state index in [1.807, 2.05) is 0 Å². The van der Waals surface area contributed by atoms with Crippen LogP contribution in [-0.2, 0) is 0 Å². The minimum absolute atomic E-state index is 0.133. The fourth-order valence-electron chi connectivity index (χ4n) is 3.20. The molecule has 0 amide bonds. The smallest absolute Gasteiger partial charge is 0.0672 e. The van der Waals surface area contributed by atoms with Gasteiger partial charge < -0.3 is 0 Å². The summed E-state index contributed by atoms with van der Waals surface area (Å²) >= 11 is 0. The molecule has 3 rings (SSSR count). The Morgan fingerprint density at radius 3 is 2.00 bits per heavy atom. The number of rotatable bonds is 0. The topological polar surface area (TPSA) is 24.7 Å². The Morgan fingerprint density at radius 1 is 0.895 bits per heavy atom. The van der Waals surface area contributed by atoms with Crippen LogP contribution in [0.2, 0.25) is 0 Å². The summed E-state index contributed by atoms with van der Waals surface area (Å²) in [5.41, 5.74) is 7.63. The van der Waals surface area contributed by atoms with Gasteiger partial charge in [0.25, 0.3) is 0 Å². The highest BCUT2D eigenvalue weighted by Gasteiger charge is 2.33. The summed E-state index contributed by atoms with van der Waals surface area (Å²) in [7, 11) is 0. The zero-order valence-corrected chi connectivity index (χ0v) is 12.7. The van der Waals surface area contributed by atoms with E-state index in [2.05, 4.69) is 53.7 Å². The molecule has 0 N–H and O–H groups in total. The molecule has 0 saturated carbocycles. The van der Waals surface area contributed by atoms with Crippen LogP contribution in [0.25, 0.3) is 0 Å². The highest BCUT2D eigenvalue weighted by Crippen LogP contribution is 2.47. The summed E-state index contributed by atoms with van der Waals surface area (Å²) in [5, 5.41) is 0. The Bertz CT molecular complexity index is 615. The van der Waals surface area contributed by atoms with Crippen LogP contribution in [0.15, 0.2) is 22.1 Å². The van der Waals surface area contributed by atoms with Crippen molar-refractivity contribution in [1.29, 1.82) is 0 Å². The largest absolute Gasteiger partial charge is 0.257 e. The standard InChI is InChI=1S/C17H22N2/c1-9-11(3)18-14-8-13-10(2)16(17(4,5)6)19-15(13)7-12(9)14/h7-10H,1-6H3. The lowest BCUT2D eigenvalue weighted by Gasteiger charge is -2.22. The van der Waals surface area contributed by atoms with Gasteiger partial charge in [-0.2, -0.15) is 0 Å². The van der Waals surface area contributed by atoms with E-state index in [0.717, 1.165) is 11.4 Å². The third kappa shape index (κ3) is 1.77. The highest BCUT2D eigenvalue weighted by molar-refractivity contribution is 6.03. The van der Waals surface area contributed by atoms with E-state index in [0.29, 0.717) is 11.8 Å². The first-order valence-corrected chi connectivity index (χ1v) is 7.11. The monoisotopic (exact) mass is 254 g/mol. The van der Waals surface area contributed by atoms with Gasteiger partial charge in [0.15, 0.2) is 0 Å². The minimum atomic E-state index is 0.133. The van der Waals surface area contributed by atoms with Crippen LogP contribution < -0.4 is 0 Å². The van der Waals surface area contributed by atoms with Gasteiger partial charge in [-0.3, -0.25) is 9.98 Å².